The van der Waals surface area contributed by atoms with Crippen molar-refractivity contribution in [1.29, 1.82) is 0 Å². The second-order valence-corrected chi connectivity index (χ2v) is 5.62. The first kappa shape index (κ1) is 14.4. The Kier molecular flexibility index (Phi) is 3.48. The second kappa shape index (κ2) is 5.79. The molecule has 0 fully saturated rings. The fourth-order valence-corrected chi connectivity index (χ4v) is 3.06. The SMILES string of the molecule is O=C(NO)c1ccccc1-c1ccn2c1C=Nc1ccccc1C2. The van der Waals surface area contributed by atoms with Gasteiger partial charge < -0.3 is 4.57 Å². The molecule has 24 heavy (non-hydrogen) atoms. The molecule has 5 heteroatoms. The molecule has 118 valence electrons. The Hall–Kier alpha value is -3.18. The molecule has 5 nitrogen and oxygen atoms in total. The van der Waals surface area contributed by atoms with E-state index in [0.29, 0.717) is 5.56 Å². The van der Waals surface area contributed by atoms with Crippen LogP contribution in [0.1, 0.15) is 21.6 Å². The number of para-hydroxylation sites is 1. The summed E-state index contributed by atoms with van der Waals surface area (Å²) in [6.45, 7) is 0.722. The molecule has 1 aromatic heterocycles. The minimum atomic E-state index is -0.528. The van der Waals surface area contributed by atoms with E-state index in [1.54, 1.807) is 17.6 Å². The van der Waals surface area contributed by atoms with Gasteiger partial charge in [0.25, 0.3) is 5.91 Å². The summed E-state index contributed by atoms with van der Waals surface area (Å²) in [5, 5.41) is 8.98. The average molecular weight is 317 g/mol. The highest BCUT2D eigenvalue weighted by Crippen LogP contribution is 2.31. The Labute approximate surface area is 138 Å². The van der Waals surface area contributed by atoms with Crippen LogP contribution in [0.25, 0.3) is 11.1 Å². The van der Waals surface area contributed by atoms with Crippen LogP contribution in [0.15, 0.2) is 65.8 Å². The van der Waals surface area contributed by atoms with Crippen molar-refractivity contribution in [3.05, 3.63) is 77.6 Å². The number of hydrogen-bond acceptors (Lipinski definition) is 3. The van der Waals surface area contributed by atoms with Crippen molar-refractivity contribution in [3.8, 4) is 11.1 Å². The molecule has 0 saturated carbocycles. The summed E-state index contributed by atoms with van der Waals surface area (Å²) in [5.41, 5.74) is 6.83. The third-order valence-electron chi connectivity index (χ3n) is 4.23. The summed E-state index contributed by atoms with van der Waals surface area (Å²) in [4.78, 5) is 16.5. The lowest BCUT2D eigenvalue weighted by Gasteiger charge is -2.09. The molecule has 0 unspecified atom stereocenters. The van der Waals surface area contributed by atoms with E-state index in [9.17, 15) is 4.79 Å². The van der Waals surface area contributed by atoms with Gasteiger partial charge in [0.1, 0.15) is 0 Å². The van der Waals surface area contributed by atoms with Crippen LogP contribution >= 0.6 is 0 Å². The minimum Gasteiger partial charge on any atom is -0.342 e. The van der Waals surface area contributed by atoms with Gasteiger partial charge >= 0.3 is 0 Å². The molecule has 0 spiro atoms. The summed E-state index contributed by atoms with van der Waals surface area (Å²) in [6, 6.07) is 17.2. The second-order valence-electron chi connectivity index (χ2n) is 5.62. The Morgan fingerprint density at radius 2 is 1.83 bits per heavy atom. The number of aliphatic imine (C=N–C) groups is 1. The van der Waals surface area contributed by atoms with Gasteiger partial charge in [-0.3, -0.25) is 15.0 Å². The molecular formula is C19H15N3O2. The lowest BCUT2D eigenvalue weighted by atomic mass is 9.99. The smallest absolute Gasteiger partial charge is 0.275 e. The quantitative estimate of drug-likeness (QED) is 0.439. The summed E-state index contributed by atoms with van der Waals surface area (Å²) < 4.78 is 2.11. The molecule has 4 rings (SSSR count). The Balaban J connectivity index is 1.86. The van der Waals surface area contributed by atoms with Crippen molar-refractivity contribution in [2.45, 2.75) is 6.54 Å². The number of nitrogens with one attached hydrogen (secondary N) is 1. The van der Waals surface area contributed by atoms with Gasteiger partial charge in [-0.1, -0.05) is 36.4 Å². The van der Waals surface area contributed by atoms with E-state index in [1.165, 1.54) is 0 Å². The van der Waals surface area contributed by atoms with Gasteiger partial charge in [-0.25, -0.2) is 5.48 Å². The van der Waals surface area contributed by atoms with Gasteiger partial charge in [-0.15, -0.1) is 0 Å². The first-order valence-corrected chi connectivity index (χ1v) is 7.63. The lowest BCUT2D eigenvalue weighted by Crippen LogP contribution is -2.19. The van der Waals surface area contributed by atoms with Crippen LogP contribution in [0.2, 0.25) is 0 Å². The van der Waals surface area contributed by atoms with Crippen LogP contribution in [0.5, 0.6) is 0 Å². The lowest BCUT2D eigenvalue weighted by molar-refractivity contribution is 0.0707. The number of aromatic nitrogens is 1. The Bertz CT molecular complexity index is 957. The predicted molar refractivity (Wildman–Crippen MR) is 91.9 cm³/mol. The zero-order valence-electron chi connectivity index (χ0n) is 12.8. The highest BCUT2D eigenvalue weighted by Gasteiger charge is 2.18. The number of hydrogen-bond donors (Lipinski definition) is 2. The zero-order chi connectivity index (χ0) is 16.5. The molecule has 1 amide bonds. The van der Waals surface area contributed by atoms with Crippen LogP contribution in [0, 0.1) is 0 Å². The van der Waals surface area contributed by atoms with Crippen molar-refractivity contribution >= 4 is 17.8 Å². The monoisotopic (exact) mass is 317 g/mol. The fraction of sp³-hybridized carbons (Fsp3) is 0.0526. The van der Waals surface area contributed by atoms with E-state index >= 15 is 0 Å². The van der Waals surface area contributed by atoms with Gasteiger partial charge in [-0.2, -0.15) is 0 Å². The number of hydroxylamine groups is 1. The number of nitrogens with zero attached hydrogens (tertiary/aromatic N) is 2. The van der Waals surface area contributed by atoms with Crippen LogP contribution < -0.4 is 5.48 Å². The molecule has 1 aliphatic rings. The predicted octanol–water partition coefficient (Wildman–Crippen LogP) is 3.39. The molecule has 0 atom stereocenters. The van der Waals surface area contributed by atoms with E-state index in [4.69, 9.17) is 5.21 Å². The molecule has 2 aromatic carbocycles. The van der Waals surface area contributed by atoms with Crippen molar-refractivity contribution in [2.24, 2.45) is 4.99 Å². The maximum absolute atomic E-state index is 11.9. The topological polar surface area (TPSA) is 66.6 Å². The summed E-state index contributed by atoms with van der Waals surface area (Å²) in [7, 11) is 0. The van der Waals surface area contributed by atoms with Crippen molar-refractivity contribution in [1.82, 2.24) is 10.0 Å². The van der Waals surface area contributed by atoms with E-state index in [1.807, 2.05) is 48.8 Å². The highest BCUT2D eigenvalue weighted by molar-refractivity contribution is 6.02. The number of amides is 1. The van der Waals surface area contributed by atoms with Crippen LogP contribution in [-0.4, -0.2) is 21.9 Å². The van der Waals surface area contributed by atoms with Crippen LogP contribution in [0.3, 0.4) is 0 Å². The van der Waals surface area contributed by atoms with Gasteiger partial charge in [-0.05, 0) is 29.3 Å². The Morgan fingerprint density at radius 3 is 2.71 bits per heavy atom. The van der Waals surface area contributed by atoms with E-state index in [-0.39, 0.29) is 0 Å². The van der Waals surface area contributed by atoms with Crippen LogP contribution in [0.4, 0.5) is 5.69 Å². The summed E-state index contributed by atoms with van der Waals surface area (Å²) in [6.07, 6.45) is 3.82. The first-order chi connectivity index (χ1) is 11.8. The maximum atomic E-state index is 11.9. The minimum absolute atomic E-state index is 0.421. The van der Waals surface area contributed by atoms with E-state index in [2.05, 4.69) is 15.6 Å². The maximum Gasteiger partial charge on any atom is 0.275 e. The molecule has 0 bridgehead atoms. The van der Waals surface area contributed by atoms with Gasteiger partial charge in [0.2, 0.25) is 0 Å². The standard InChI is InChI=1S/C19H15N3O2/c23-19(21-24)16-7-3-2-6-14(16)15-9-10-22-12-13-5-1-4-8-17(13)20-11-18(15)22/h1-11,24H,12H2,(H,21,23). The largest absolute Gasteiger partial charge is 0.342 e. The molecular weight excluding hydrogens is 302 g/mol. The summed E-state index contributed by atoms with van der Waals surface area (Å²) >= 11 is 0. The van der Waals surface area contributed by atoms with E-state index in [0.717, 1.165) is 34.6 Å². The normalized spacial score (nSPS) is 12.2. The van der Waals surface area contributed by atoms with Gasteiger partial charge in [0.15, 0.2) is 0 Å². The molecule has 1 aliphatic heterocycles. The fourth-order valence-electron chi connectivity index (χ4n) is 3.06. The third-order valence-corrected chi connectivity index (χ3v) is 4.23. The zero-order valence-corrected chi connectivity index (χ0v) is 12.8. The first-order valence-electron chi connectivity index (χ1n) is 7.63. The van der Waals surface area contributed by atoms with Crippen LogP contribution in [-0.2, 0) is 6.54 Å². The van der Waals surface area contributed by atoms with Crippen molar-refractivity contribution < 1.29 is 10.0 Å². The Morgan fingerprint density at radius 1 is 1.04 bits per heavy atom. The van der Waals surface area contributed by atoms with Crippen molar-refractivity contribution in [2.75, 3.05) is 0 Å². The molecule has 0 saturated heterocycles. The summed E-state index contributed by atoms with van der Waals surface area (Å²) in [5.74, 6) is -0.528. The number of fused-ring (bicyclic) bond motifs is 2. The molecule has 0 radical (unpaired) electrons. The molecule has 2 heterocycles. The highest BCUT2D eigenvalue weighted by atomic mass is 16.5. The number of carbonyl (C=O) groups is 1. The third kappa shape index (κ3) is 2.31. The van der Waals surface area contributed by atoms with Gasteiger partial charge in [0.05, 0.1) is 17.6 Å². The van der Waals surface area contributed by atoms with E-state index < -0.39 is 5.91 Å². The van der Waals surface area contributed by atoms with Gasteiger partial charge in [0, 0.05) is 23.9 Å². The number of rotatable bonds is 2. The molecule has 2 N–H and O–H groups in total. The average Bonchev–Trinajstić information content (AvgIpc) is 2.93. The molecule has 0 aliphatic carbocycles. The van der Waals surface area contributed by atoms with Crippen molar-refractivity contribution in [3.63, 3.8) is 0 Å². The number of benzene rings is 2. The molecule has 3 aromatic rings. The number of carbonyl (C=O) groups excluding carboxylic acids is 1.